The molecule has 2 heterocycles. The molecule has 0 atom stereocenters. The second-order valence-electron chi connectivity index (χ2n) is 5.09. The van der Waals surface area contributed by atoms with Crippen LogP contribution in [0.2, 0.25) is 0 Å². The summed E-state index contributed by atoms with van der Waals surface area (Å²) in [5, 5.41) is 5.03. The molecule has 0 aliphatic heterocycles. The first-order chi connectivity index (χ1) is 11.7. The highest BCUT2D eigenvalue weighted by molar-refractivity contribution is 6.02. The molecular formula is C18H17N3O3. The largest absolute Gasteiger partial charge is 0.490 e. The van der Waals surface area contributed by atoms with E-state index in [1.54, 1.807) is 31.5 Å². The Hall–Kier alpha value is -3.15. The number of carbonyl (C=O) groups excluding carboxylic acids is 1. The quantitative estimate of drug-likeness (QED) is 0.577. The van der Waals surface area contributed by atoms with Crippen molar-refractivity contribution in [2.24, 2.45) is 5.10 Å². The third kappa shape index (κ3) is 3.27. The Labute approximate surface area is 139 Å². The number of hydrazone groups is 1. The molecule has 0 unspecified atom stereocenters. The highest BCUT2D eigenvalue weighted by atomic mass is 16.5. The molecule has 0 fully saturated rings. The van der Waals surface area contributed by atoms with Gasteiger partial charge in [0.05, 0.1) is 6.61 Å². The standard InChI is InChI=1S/C18H17N3O3/c1-3-23-15-6-4-5-14-11-16(24-17(14)15)12(2)20-21-18(22)13-7-9-19-10-8-13/h4-11H,3H2,1-2H3,(H,21,22)/b20-12-. The van der Waals surface area contributed by atoms with E-state index >= 15 is 0 Å². The second kappa shape index (κ2) is 6.95. The summed E-state index contributed by atoms with van der Waals surface area (Å²) in [5.74, 6) is 0.963. The van der Waals surface area contributed by atoms with Crippen molar-refractivity contribution < 1.29 is 13.9 Å². The first-order valence-corrected chi connectivity index (χ1v) is 7.59. The number of amides is 1. The lowest BCUT2D eigenvalue weighted by Crippen LogP contribution is -2.19. The van der Waals surface area contributed by atoms with E-state index < -0.39 is 0 Å². The number of aromatic nitrogens is 1. The summed E-state index contributed by atoms with van der Waals surface area (Å²) in [7, 11) is 0. The molecule has 0 spiro atoms. The summed E-state index contributed by atoms with van der Waals surface area (Å²) in [6, 6.07) is 10.8. The van der Waals surface area contributed by atoms with Gasteiger partial charge in [0.1, 0.15) is 5.71 Å². The molecule has 0 aliphatic rings. The molecule has 1 aromatic carbocycles. The van der Waals surface area contributed by atoms with Crippen LogP contribution in [0.4, 0.5) is 0 Å². The van der Waals surface area contributed by atoms with Crippen LogP contribution in [0, 0.1) is 0 Å². The Balaban J connectivity index is 1.82. The molecule has 3 rings (SSSR count). The molecule has 1 amide bonds. The number of rotatable bonds is 5. The Morgan fingerprint density at radius 1 is 1.29 bits per heavy atom. The molecule has 0 aliphatic carbocycles. The highest BCUT2D eigenvalue weighted by Gasteiger charge is 2.11. The van der Waals surface area contributed by atoms with E-state index in [0.29, 0.717) is 35.0 Å². The molecule has 0 saturated carbocycles. The van der Waals surface area contributed by atoms with Crippen LogP contribution in [-0.2, 0) is 0 Å². The zero-order chi connectivity index (χ0) is 16.9. The summed E-state index contributed by atoms with van der Waals surface area (Å²) in [6.45, 7) is 4.25. The third-order valence-electron chi connectivity index (χ3n) is 3.43. The van der Waals surface area contributed by atoms with E-state index in [0.717, 1.165) is 5.39 Å². The van der Waals surface area contributed by atoms with Gasteiger partial charge in [-0.15, -0.1) is 0 Å². The monoisotopic (exact) mass is 323 g/mol. The maximum absolute atomic E-state index is 12.0. The topological polar surface area (TPSA) is 76.7 Å². The minimum atomic E-state index is -0.303. The molecule has 0 saturated heterocycles. The van der Waals surface area contributed by atoms with E-state index in [9.17, 15) is 4.79 Å². The van der Waals surface area contributed by atoms with Gasteiger partial charge < -0.3 is 9.15 Å². The van der Waals surface area contributed by atoms with Crippen molar-refractivity contribution in [3.8, 4) is 5.75 Å². The minimum Gasteiger partial charge on any atom is -0.490 e. The first kappa shape index (κ1) is 15.7. The van der Waals surface area contributed by atoms with Gasteiger partial charge in [-0.2, -0.15) is 5.10 Å². The maximum atomic E-state index is 12.0. The van der Waals surface area contributed by atoms with Crippen molar-refractivity contribution in [3.05, 3.63) is 60.1 Å². The van der Waals surface area contributed by atoms with Crippen molar-refractivity contribution >= 4 is 22.6 Å². The van der Waals surface area contributed by atoms with E-state index in [2.05, 4.69) is 15.5 Å². The molecule has 24 heavy (non-hydrogen) atoms. The fourth-order valence-electron chi connectivity index (χ4n) is 2.24. The van der Waals surface area contributed by atoms with Crippen molar-refractivity contribution in [2.45, 2.75) is 13.8 Å². The molecule has 1 N–H and O–H groups in total. The number of pyridine rings is 1. The fourth-order valence-corrected chi connectivity index (χ4v) is 2.24. The summed E-state index contributed by atoms with van der Waals surface area (Å²) in [5.41, 5.74) is 4.24. The number of hydrogen-bond donors (Lipinski definition) is 1. The fraction of sp³-hybridized carbons (Fsp3) is 0.167. The second-order valence-corrected chi connectivity index (χ2v) is 5.09. The number of nitrogens with zero attached hydrogens (tertiary/aromatic N) is 2. The van der Waals surface area contributed by atoms with Crippen LogP contribution in [0.15, 0.2) is 58.3 Å². The molecule has 3 aromatic rings. The summed E-state index contributed by atoms with van der Waals surface area (Å²) in [4.78, 5) is 15.9. The smallest absolute Gasteiger partial charge is 0.271 e. The van der Waals surface area contributed by atoms with Crippen LogP contribution in [0.5, 0.6) is 5.75 Å². The molecule has 6 nitrogen and oxygen atoms in total. The van der Waals surface area contributed by atoms with Crippen LogP contribution in [0.25, 0.3) is 11.0 Å². The summed E-state index contributed by atoms with van der Waals surface area (Å²) < 4.78 is 11.4. The number of hydrogen-bond acceptors (Lipinski definition) is 5. The van der Waals surface area contributed by atoms with Crippen molar-refractivity contribution in [1.29, 1.82) is 0 Å². The van der Waals surface area contributed by atoms with Crippen molar-refractivity contribution in [2.75, 3.05) is 6.61 Å². The van der Waals surface area contributed by atoms with E-state index in [1.807, 2.05) is 31.2 Å². The molecular weight excluding hydrogens is 306 g/mol. The summed E-state index contributed by atoms with van der Waals surface area (Å²) in [6.07, 6.45) is 3.11. The Kier molecular flexibility index (Phi) is 4.56. The van der Waals surface area contributed by atoms with Gasteiger partial charge in [-0.05, 0) is 38.1 Å². The van der Waals surface area contributed by atoms with E-state index in [-0.39, 0.29) is 5.91 Å². The molecule has 2 aromatic heterocycles. The van der Waals surface area contributed by atoms with Crippen LogP contribution >= 0.6 is 0 Å². The summed E-state index contributed by atoms with van der Waals surface area (Å²) >= 11 is 0. The number of nitrogens with one attached hydrogen (secondary N) is 1. The Morgan fingerprint density at radius 2 is 2.08 bits per heavy atom. The van der Waals surface area contributed by atoms with Gasteiger partial charge in [0.2, 0.25) is 0 Å². The average molecular weight is 323 g/mol. The van der Waals surface area contributed by atoms with Crippen LogP contribution in [0.1, 0.15) is 30.0 Å². The van der Waals surface area contributed by atoms with E-state index in [4.69, 9.17) is 9.15 Å². The predicted molar refractivity (Wildman–Crippen MR) is 91.3 cm³/mol. The average Bonchev–Trinajstić information content (AvgIpc) is 3.06. The number of fused-ring (bicyclic) bond motifs is 1. The highest BCUT2D eigenvalue weighted by Crippen LogP contribution is 2.29. The Morgan fingerprint density at radius 3 is 2.83 bits per heavy atom. The van der Waals surface area contributed by atoms with Gasteiger partial charge in [-0.1, -0.05) is 12.1 Å². The number of benzene rings is 1. The van der Waals surface area contributed by atoms with Gasteiger partial charge in [-0.25, -0.2) is 5.43 Å². The van der Waals surface area contributed by atoms with Gasteiger partial charge >= 0.3 is 0 Å². The zero-order valence-electron chi connectivity index (χ0n) is 13.4. The lowest BCUT2D eigenvalue weighted by atomic mass is 10.2. The predicted octanol–water partition coefficient (Wildman–Crippen LogP) is 3.38. The number of ether oxygens (including phenoxy) is 1. The van der Waals surface area contributed by atoms with Crippen molar-refractivity contribution in [3.63, 3.8) is 0 Å². The minimum absolute atomic E-state index is 0.303. The lowest BCUT2D eigenvalue weighted by Gasteiger charge is -2.02. The van der Waals surface area contributed by atoms with Crippen LogP contribution in [-0.4, -0.2) is 23.2 Å². The van der Waals surface area contributed by atoms with Gasteiger partial charge in [-0.3, -0.25) is 9.78 Å². The van der Waals surface area contributed by atoms with Gasteiger partial charge in [0.25, 0.3) is 5.91 Å². The normalized spacial score (nSPS) is 11.5. The van der Waals surface area contributed by atoms with Crippen molar-refractivity contribution in [1.82, 2.24) is 10.4 Å². The maximum Gasteiger partial charge on any atom is 0.271 e. The number of carbonyl (C=O) groups is 1. The van der Waals surface area contributed by atoms with Crippen LogP contribution in [0.3, 0.4) is 0 Å². The Bertz CT molecular complexity index is 885. The zero-order valence-corrected chi connectivity index (χ0v) is 13.4. The number of para-hydroxylation sites is 1. The lowest BCUT2D eigenvalue weighted by molar-refractivity contribution is 0.0954. The van der Waals surface area contributed by atoms with Gasteiger partial charge in [0.15, 0.2) is 17.1 Å². The SMILES string of the molecule is CCOc1cccc2cc(/C(C)=N\NC(=O)c3ccncc3)oc12. The molecule has 0 radical (unpaired) electrons. The molecule has 0 bridgehead atoms. The third-order valence-corrected chi connectivity index (χ3v) is 3.43. The molecule has 122 valence electrons. The first-order valence-electron chi connectivity index (χ1n) is 7.59. The van der Waals surface area contributed by atoms with Crippen LogP contribution < -0.4 is 10.2 Å². The number of furan rings is 1. The molecule has 6 heteroatoms. The van der Waals surface area contributed by atoms with Gasteiger partial charge in [0, 0.05) is 23.3 Å². The van der Waals surface area contributed by atoms with E-state index in [1.165, 1.54) is 0 Å².